The highest BCUT2D eigenvalue weighted by molar-refractivity contribution is 5.72. The van der Waals surface area contributed by atoms with Crippen molar-refractivity contribution in [2.45, 2.75) is 6.04 Å². The molecule has 1 aliphatic rings. The van der Waals surface area contributed by atoms with Gasteiger partial charge in [0.1, 0.15) is 0 Å². The van der Waals surface area contributed by atoms with Gasteiger partial charge in [-0.2, -0.15) is 0 Å². The number of nitrogens with one attached hydrogen (secondary N) is 1. The largest absolute Gasteiger partial charge is 0.351 e. The highest BCUT2D eigenvalue weighted by Gasteiger charge is 2.05. The van der Waals surface area contributed by atoms with E-state index < -0.39 is 6.03 Å². The van der Waals surface area contributed by atoms with E-state index in [0.717, 1.165) is 5.57 Å². The molecule has 0 bridgehead atoms. The molecule has 0 aromatic rings. The van der Waals surface area contributed by atoms with Crippen molar-refractivity contribution in [3.8, 4) is 0 Å². The minimum Gasteiger partial charge on any atom is -0.351 e. The van der Waals surface area contributed by atoms with Crippen LogP contribution in [0.2, 0.25) is 0 Å². The van der Waals surface area contributed by atoms with E-state index >= 15 is 0 Å². The highest BCUT2D eigenvalue weighted by Crippen LogP contribution is 2.11. The van der Waals surface area contributed by atoms with Gasteiger partial charge in [-0.05, 0) is 25.7 Å². The molecule has 0 aromatic carbocycles. The number of rotatable bonds is 3. The Morgan fingerprint density at radius 2 is 2.06 bits per heavy atom. The first-order chi connectivity index (χ1) is 7.59. The Hall–Kier alpha value is -1.81. The maximum absolute atomic E-state index is 10.4. The van der Waals surface area contributed by atoms with Crippen LogP contribution in [0.1, 0.15) is 0 Å². The van der Waals surface area contributed by atoms with Crippen molar-refractivity contribution >= 4 is 6.03 Å². The van der Waals surface area contributed by atoms with Gasteiger partial charge < -0.3 is 11.1 Å². The van der Waals surface area contributed by atoms with E-state index in [1.165, 1.54) is 6.20 Å². The van der Waals surface area contributed by atoms with Crippen LogP contribution >= 0.6 is 0 Å². The molecule has 86 valence electrons. The molecule has 0 spiro atoms. The van der Waals surface area contributed by atoms with E-state index in [4.69, 9.17) is 5.73 Å². The van der Waals surface area contributed by atoms with Gasteiger partial charge >= 0.3 is 6.03 Å². The number of nitrogens with zero attached hydrogens (tertiary/aromatic N) is 1. The van der Waals surface area contributed by atoms with Crippen LogP contribution in [-0.2, 0) is 0 Å². The first kappa shape index (κ1) is 12.3. The first-order valence-electron chi connectivity index (χ1n) is 5.05. The fourth-order valence-electron chi connectivity index (χ4n) is 1.28. The molecule has 1 aliphatic carbocycles. The summed E-state index contributed by atoms with van der Waals surface area (Å²) in [5, 5.41) is 2.37. The van der Waals surface area contributed by atoms with Gasteiger partial charge in [0.25, 0.3) is 0 Å². The summed E-state index contributed by atoms with van der Waals surface area (Å²) in [7, 11) is 4.06. The van der Waals surface area contributed by atoms with E-state index in [1.54, 1.807) is 6.08 Å². The lowest BCUT2D eigenvalue weighted by molar-refractivity contribution is 0.252. The summed E-state index contributed by atoms with van der Waals surface area (Å²) >= 11 is 0. The third-order valence-corrected chi connectivity index (χ3v) is 2.18. The van der Waals surface area contributed by atoms with Gasteiger partial charge in [-0.15, -0.1) is 0 Å². The topological polar surface area (TPSA) is 58.4 Å². The normalized spacial score (nSPS) is 19.4. The Labute approximate surface area is 95.8 Å². The van der Waals surface area contributed by atoms with E-state index in [-0.39, 0.29) is 0 Å². The molecule has 0 aliphatic heterocycles. The molecule has 0 heterocycles. The average Bonchev–Trinajstić information content (AvgIpc) is 2.25. The highest BCUT2D eigenvalue weighted by atomic mass is 16.2. The number of amides is 2. The summed E-state index contributed by atoms with van der Waals surface area (Å²) in [6.45, 7) is 0. The van der Waals surface area contributed by atoms with Gasteiger partial charge in [-0.3, -0.25) is 4.90 Å². The number of nitrogens with two attached hydrogens (primary N) is 1. The molecule has 2 amide bonds. The summed E-state index contributed by atoms with van der Waals surface area (Å²) in [4.78, 5) is 12.5. The van der Waals surface area contributed by atoms with Gasteiger partial charge in [-0.1, -0.05) is 30.4 Å². The van der Waals surface area contributed by atoms with Crippen LogP contribution in [0.15, 0.2) is 48.2 Å². The molecule has 3 N–H and O–H groups in total. The predicted octanol–water partition coefficient (Wildman–Crippen LogP) is 1.15. The van der Waals surface area contributed by atoms with Crippen molar-refractivity contribution in [2.24, 2.45) is 5.73 Å². The van der Waals surface area contributed by atoms with Gasteiger partial charge in [0.15, 0.2) is 0 Å². The Morgan fingerprint density at radius 1 is 1.44 bits per heavy atom. The minimum absolute atomic E-state index is 0.352. The summed E-state index contributed by atoms with van der Waals surface area (Å²) in [5.41, 5.74) is 5.99. The second kappa shape index (κ2) is 5.92. The molecule has 0 saturated carbocycles. The van der Waals surface area contributed by atoms with Gasteiger partial charge in [0.05, 0.1) is 0 Å². The van der Waals surface area contributed by atoms with Crippen molar-refractivity contribution in [3.05, 3.63) is 48.2 Å². The number of carbonyl (C=O) groups excluding carboxylic acids is 1. The molecule has 0 aromatic heterocycles. The van der Waals surface area contributed by atoms with Gasteiger partial charge in [-0.25, -0.2) is 4.79 Å². The third kappa shape index (κ3) is 4.14. The predicted molar refractivity (Wildman–Crippen MR) is 65.7 cm³/mol. The monoisotopic (exact) mass is 219 g/mol. The van der Waals surface area contributed by atoms with Crippen LogP contribution in [0.5, 0.6) is 0 Å². The van der Waals surface area contributed by atoms with Crippen molar-refractivity contribution in [1.82, 2.24) is 10.2 Å². The molecular formula is C12H17N3O. The second-order valence-corrected chi connectivity index (χ2v) is 3.71. The lowest BCUT2D eigenvalue weighted by Gasteiger charge is -2.19. The van der Waals surface area contributed by atoms with Crippen LogP contribution in [-0.4, -0.2) is 31.1 Å². The fourth-order valence-corrected chi connectivity index (χ4v) is 1.28. The molecule has 0 unspecified atom stereocenters. The molecule has 0 atom stereocenters. The number of allylic oxidation sites excluding steroid dienone is 5. The summed E-state index contributed by atoms with van der Waals surface area (Å²) in [5.74, 6) is 0. The number of hydrogen-bond acceptors (Lipinski definition) is 2. The van der Waals surface area contributed by atoms with Crippen LogP contribution in [0, 0.1) is 0 Å². The minimum atomic E-state index is -0.558. The van der Waals surface area contributed by atoms with Crippen LogP contribution < -0.4 is 11.1 Å². The smallest absolute Gasteiger partial charge is 0.316 e. The van der Waals surface area contributed by atoms with Crippen molar-refractivity contribution in [1.29, 1.82) is 0 Å². The third-order valence-electron chi connectivity index (χ3n) is 2.18. The zero-order chi connectivity index (χ0) is 12.0. The van der Waals surface area contributed by atoms with E-state index in [0.29, 0.717) is 6.04 Å². The van der Waals surface area contributed by atoms with E-state index in [2.05, 4.69) is 22.4 Å². The Balaban J connectivity index is 2.50. The van der Waals surface area contributed by atoms with E-state index in [9.17, 15) is 4.79 Å². The lowest BCUT2D eigenvalue weighted by Crippen LogP contribution is -2.24. The Bertz CT molecular complexity index is 348. The number of urea groups is 1. The SMILES string of the molecule is CN(C)C1C=CC(=C/C=C\NC(N)=O)C=C1. The van der Waals surface area contributed by atoms with Crippen molar-refractivity contribution in [2.75, 3.05) is 14.1 Å². The molecule has 0 saturated heterocycles. The molecule has 0 fully saturated rings. The second-order valence-electron chi connectivity index (χ2n) is 3.71. The number of likely N-dealkylation sites (N-methyl/N-ethyl adjacent to an activating group) is 1. The number of hydrogen-bond donors (Lipinski definition) is 2. The maximum atomic E-state index is 10.4. The zero-order valence-electron chi connectivity index (χ0n) is 9.55. The van der Waals surface area contributed by atoms with Crippen LogP contribution in [0.3, 0.4) is 0 Å². The molecule has 4 heteroatoms. The van der Waals surface area contributed by atoms with Gasteiger partial charge in [0.2, 0.25) is 0 Å². The first-order valence-corrected chi connectivity index (χ1v) is 5.05. The Kier molecular flexibility index (Phi) is 4.54. The van der Waals surface area contributed by atoms with Crippen molar-refractivity contribution in [3.63, 3.8) is 0 Å². The molecule has 1 rings (SSSR count). The molecule has 16 heavy (non-hydrogen) atoms. The fraction of sp³-hybridized carbons (Fsp3) is 0.250. The maximum Gasteiger partial charge on any atom is 0.316 e. The average molecular weight is 219 g/mol. The molecule has 0 radical (unpaired) electrons. The summed E-state index contributed by atoms with van der Waals surface area (Å²) in [6, 6.07) is -0.207. The zero-order valence-corrected chi connectivity index (χ0v) is 9.55. The molecular weight excluding hydrogens is 202 g/mol. The van der Waals surface area contributed by atoms with Crippen LogP contribution in [0.25, 0.3) is 0 Å². The molecule has 4 nitrogen and oxygen atoms in total. The number of carbonyl (C=O) groups is 1. The summed E-state index contributed by atoms with van der Waals surface area (Å²) < 4.78 is 0. The quantitative estimate of drug-likeness (QED) is 0.748. The van der Waals surface area contributed by atoms with Crippen molar-refractivity contribution < 1.29 is 4.79 Å². The Morgan fingerprint density at radius 3 is 2.56 bits per heavy atom. The standard InChI is InChI=1S/C12H17N3O/c1-15(2)11-7-5-10(6-8-11)4-3-9-14-12(13)16/h3-9,11H,1-2H3,(H3,13,14,16)/b9-3-,10-4?. The van der Waals surface area contributed by atoms with E-state index in [1.807, 2.05) is 32.3 Å². The number of primary amides is 1. The lowest BCUT2D eigenvalue weighted by atomic mass is 10.1. The summed E-state index contributed by atoms with van der Waals surface area (Å²) in [6.07, 6.45) is 13.5. The van der Waals surface area contributed by atoms with Crippen LogP contribution in [0.4, 0.5) is 4.79 Å². The van der Waals surface area contributed by atoms with Gasteiger partial charge in [0, 0.05) is 12.2 Å².